The van der Waals surface area contributed by atoms with Crippen LogP contribution in [0.25, 0.3) is 0 Å². The molecule has 2 rings (SSSR count). The highest BCUT2D eigenvalue weighted by atomic mass is 16.5. The molecule has 2 aromatic rings. The van der Waals surface area contributed by atoms with E-state index >= 15 is 0 Å². The van der Waals surface area contributed by atoms with Gasteiger partial charge in [-0.2, -0.15) is 5.26 Å². The van der Waals surface area contributed by atoms with Crippen LogP contribution in [0.1, 0.15) is 22.3 Å². The lowest BCUT2D eigenvalue weighted by Crippen LogP contribution is -1.96. The SMILES string of the molecule is Cc1cc(C)cc(COc2ccc(C#N)cc2)c1. The Hall–Kier alpha value is -2.27. The van der Waals surface area contributed by atoms with E-state index in [2.05, 4.69) is 38.1 Å². The Bertz CT molecular complexity index is 559. The van der Waals surface area contributed by atoms with Gasteiger partial charge in [0.15, 0.2) is 0 Å². The first-order valence-electron chi connectivity index (χ1n) is 5.87. The Kier molecular flexibility index (Phi) is 3.64. The van der Waals surface area contributed by atoms with Crippen molar-refractivity contribution in [2.75, 3.05) is 0 Å². The third-order valence-electron chi connectivity index (χ3n) is 2.67. The molecule has 0 atom stereocenters. The minimum atomic E-state index is 0.550. The van der Waals surface area contributed by atoms with E-state index in [1.54, 1.807) is 12.1 Å². The molecule has 90 valence electrons. The molecule has 2 nitrogen and oxygen atoms in total. The summed E-state index contributed by atoms with van der Waals surface area (Å²) in [6.45, 7) is 4.71. The minimum Gasteiger partial charge on any atom is -0.489 e. The van der Waals surface area contributed by atoms with Crippen LogP contribution in [0.5, 0.6) is 5.75 Å². The van der Waals surface area contributed by atoms with Crippen molar-refractivity contribution >= 4 is 0 Å². The number of aryl methyl sites for hydroxylation is 2. The van der Waals surface area contributed by atoms with E-state index in [9.17, 15) is 0 Å². The van der Waals surface area contributed by atoms with Crippen LogP contribution in [0.3, 0.4) is 0 Å². The number of rotatable bonds is 3. The molecule has 2 aromatic carbocycles. The lowest BCUT2D eigenvalue weighted by molar-refractivity contribution is 0.306. The highest BCUT2D eigenvalue weighted by molar-refractivity contribution is 5.35. The predicted molar refractivity (Wildman–Crippen MR) is 71.4 cm³/mol. The van der Waals surface area contributed by atoms with E-state index in [1.165, 1.54) is 11.1 Å². The molecule has 0 aliphatic rings. The van der Waals surface area contributed by atoms with Crippen LogP contribution in [0.4, 0.5) is 0 Å². The fourth-order valence-electron chi connectivity index (χ4n) is 1.94. The molecule has 0 fully saturated rings. The van der Waals surface area contributed by atoms with Gasteiger partial charge in [0, 0.05) is 0 Å². The van der Waals surface area contributed by atoms with Crippen LogP contribution >= 0.6 is 0 Å². The monoisotopic (exact) mass is 237 g/mol. The number of nitriles is 1. The minimum absolute atomic E-state index is 0.550. The molecular formula is C16H15NO. The fraction of sp³-hybridized carbons (Fsp3) is 0.188. The smallest absolute Gasteiger partial charge is 0.119 e. The van der Waals surface area contributed by atoms with Gasteiger partial charge in [-0.25, -0.2) is 0 Å². The summed E-state index contributed by atoms with van der Waals surface area (Å²) in [5, 5.41) is 8.71. The molecule has 0 aliphatic heterocycles. The van der Waals surface area contributed by atoms with Gasteiger partial charge in [-0.3, -0.25) is 0 Å². The molecule has 0 spiro atoms. The van der Waals surface area contributed by atoms with Crippen molar-refractivity contribution in [3.63, 3.8) is 0 Å². The molecule has 0 unspecified atom stereocenters. The highest BCUT2D eigenvalue weighted by Crippen LogP contribution is 2.15. The number of ether oxygens (including phenoxy) is 1. The number of nitrogens with zero attached hydrogens (tertiary/aromatic N) is 1. The zero-order valence-corrected chi connectivity index (χ0v) is 10.6. The van der Waals surface area contributed by atoms with Crippen molar-refractivity contribution in [2.45, 2.75) is 20.5 Å². The van der Waals surface area contributed by atoms with E-state index in [4.69, 9.17) is 10.00 Å². The van der Waals surface area contributed by atoms with Crippen LogP contribution in [-0.4, -0.2) is 0 Å². The molecule has 0 N–H and O–H groups in total. The topological polar surface area (TPSA) is 33.0 Å². The Balaban J connectivity index is 2.04. The van der Waals surface area contributed by atoms with Gasteiger partial charge in [0.25, 0.3) is 0 Å². The molecule has 0 heterocycles. The Morgan fingerprint density at radius 2 is 1.61 bits per heavy atom. The van der Waals surface area contributed by atoms with Gasteiger partial charge in [0.2, 0.25) is 0 Å². The van der Waals surface area contributed by atoms with Crippen molar-refractivity contribution in [2.24, 2.45) is 0 Å². The summed E-state index contributed by atoms with van der Waals surface area (Å²) in [7, 11) is 0. The van der Waals surface area contributed by atoms with Crippen LogP contribution in [0.15, 0.2) is 42.5 Å². The third kappa shape index (κ3) is 3.11. The molecule has 0 saturated heterocycles. The van der Waals surface area contributed by atoms with Gasteiger partial charge >= 0.3 is 0 Å². The van der Waals surface area contributed by atoms with Gasteiger partial charge in [-0.15, -0.1) is 0 Å². The molecule has 0 aromatic heterocycles. The highest BCUT2D eigenvalue weighted by Gasteiger charge is 1.98. The van der Waals surface area contributed by atoms with Crippen molar-refractivity contribution in [1.82, 2.24) is 0 Å². The van der Waals surface area contributed by atoms with Crippen molar-refractivity contribution < 1.29 is 4.74 Å². The van der Waals surface area contributed by atoms with Gasteiger partial charge in [0.05, 0.1) is 11.6 Å². The van der Waals surface area contributed by atoms with E-state index in [-0.39, 0.29) is 0 Å². The zero-order valence-electron chi connectivity index (χ0n) is 10.6. The van der Waals surface area contributed by atoms with Crippen LogP contribution in [0, 0.1) is 25.2 Å². The lowest BCUT2D eigenvalue weighted by atomic mass is 10.1. The summed E-state index contributed by atoms with van der Waals surface area (Å²) in [5.74, 6) is 0.785. The lowest BCUT2D eigenvalue weighted by Gasteiger charge is -2.08. The van der Waals surface area contributed by atoms with Crippen LogP contribution in [0.2, 0.25) is 0 Å². The average Bonchev–Trinajstić information content (AvgIpc) is 2.36. The maximum absolute atomic E-state index is 8.71. The first-order valence-corrected chi connectivity index (χ1v) is 5.87. The quantitative estimate of drug-likeness (QED) is 0.814. The Morgan fingerprint density at radius 1 is 1.00 bits per heavy atom. The Morgan fingerprint density at radius 3 is 2.17 bits per heavy atom. The summed E-state index contributed by atoms with van der Waals surface area (Å²) in [4.78, 5) is 0. The number of benzene rings is 2. The second-order valence-electron chi connectivity index (χ2n) is 4.42. The first-order chi connectivity index (χ1) is 8.67. The van der Waals surface area contributed by atoms with E-state index in [1.807, 2.05) is 12.1 Å². The molecule has 0 saturated carbocycles. The van der Waals surface area contributed by atoms with Crippen LogP contribution < -0.4 is 4.74 Å². The van der Waals surface area contributed by atoms with E-state index < -0.39 is 0 Å². The number of hydrogen-bond acceptors (Lipinski definition) is 2. The molecule has 0 bridgehead atoms. The molecule has 0 aliphatic carbocycles. The summed E-state index contributed by atoms with van der Waals surface area (Å²) in [6, 6.07) is 15.6. The molecular weight excluding hydrogens is 222 g/mol. The largest absolute Gasteiger partial charge is 0.489 e. The summed E-state index contributed by atoms with van der Waals surface area (Å²) in [5.41, 5.74) is 4.30. The molecule has 0 amide bonds. The summed E-state index contributed by atoms with van der Waals surface area (Å²) in [6.07, 6.45) is 0. The first kappa shape index (κ1) is 12.2. The van der Waals surface area contributed by atoms with Gasteiger partial charge in [-0.1, -0.05) is 29.3 Å². The zero-order chi connectivity index (χ0) is 13.0. The van der Waals surface area contributed by atoms with Crippen molar-refractivity contribution in [3.8, 4) is 11.8 Å². The maximum atomic E-state index is 8.71. The second kappa shape index (κ2) is 5.37. The molecule has 18 heavy (non-hydrogen) atoms. The Labute approximate surface area is 107 Å². The normalized spacial score (nSPS) is 9.83. The maximum Gasteiger partial charge on any atom is 0.119 e. The average molecular weight is 237 g/mol. The second-order valence-corrected chi connectivity index (χ2v) is 4.42. The standard InChI is InChI=1S/C16H15NO/c1-12-7-13(2)9-15(8-12)11-18-16-5-3-14(10-17)4-6-16/h3-9H,11H2,1-2H3. The third-order valence-corrected chi connectivity index (χ3v) is 2.67. The summed E-state index contributed by atoms with van der Waals surface area (Å²) >= 11 is 0. The van der Waals surface area contributed by atoms with Crippen LogP contribution in [-0.2, 0) is 6.61 Å². The van der Waals surface area contributed by atoms with Crippen molar-refractivity contribution in [1.29, 1.82) is 5.26 Å². The predicted octanol–water partition coefficient (Wildman–Crippen LogP) is 3.75. The molecule has 2 heteroatoms. The number of hydrogen-bond donors (Lipinski definition) is 0. The summed E-state index contributed by atoms with van der Waals surface area (Å²) < 4.78 is 5.69. The van der Waals surface area contributed by atoms with Gasteiger partial charge in [0.1, 0.15) is 12.4 Å². The molecule has 0 radical (unpaired) electrons. The fourth-order valence-corrected chi connectivity index (χ4v) is 1.94. The van der Waals surface area contributed by atoms with Crippen molar-refractivity contribution in [3.05, 3.63) is 64.7 Å². The van der Waals surface area contributed by atoms with Gasteiger partial charge < -0.3 is 4.74 Å². The van der Waals surface area contributed by atoms with E-state index in [0.29, 0.717) is 12.2 Å². The van der Waals surface area contributed by atoms with E-state index in [0.717, 1.165) is 11.3 Å². The van der Waals surface area contributed by atoms with Gasteiger partial charge in [-0.05, 0) is 43.7 Å².